The van der Waals surface area contributed by atoms with E-state index in [4.69, 9.17) is 4.74 Å². The third-order valence-electron chi connectivity index (χ3n) is 2.11. The van der Waals surface area contributed by atoms with Crippen molar-refractivity contribution < 1.29 is 22.7 Å². The van der Waals surface area contributed by atoms with Crippen molar-refractivity contribution in [2.45, 2.75) is 45.2 Å². The molecule has 0 amide bonds. The van der Waals surface area contributed by atoms with Gasteiger partial charge in [0.15, 0.2) is 0 Å². The molecule has 0 aliphatic heterocycles. The minimum Gasteiger partial charge on any atom is -0.465 e. The zero-order valence-corrected chi connectivity index (χ0v) is 10.1. The van der Waals surface area contributed by atoms with Crippen LogP contribution in [0, 0.1) is 0 Å². The molecule has 0 aromatic heterocycles. The lowest BCUT2D eigenvalue weighted by Gasteiger charge is -2.08. The van der Waals surface area contributed by atoms with Gasteiger partial charge in [-0.15, -0.1) is 0 Å². The first kappa shape index (κ1) is 16.2. The lowest BCUT2D eigenvalue weighted by Crippen LogP contribution is -2.33. The van der Waals surface area contributed by atoms with E-state index in [0.29, 0.717) is 0 Å². The van der Waals surface area contributed by atoms with Crippen molar-refractivity contribution >= 4 is 5.97 Å². The maximum atomic E-state index is 11.7. The highest BCUT2D eigenvalue weighted by Gasteiger charge is 2.26. The van der Waals surface area contributed by atoms with Crippen LogP contribution in [0.5, 0.6) is 0 Å². The lowest BCUT2D eigenvalue weighted by molar-refractivity contribution is -0.144. The first-order valence-electron chi connectivity index (χ1n) is 5.89. The van der Waals surface area contributed by atoms with Crippen LogP contribution in [-0.4, -0.2) is 31.8 Å². The van der Waals surface area contributed by atoms with Crippen molar-refractivity contribution in [2.75, 3.05) is 19.7 Å². The molecule has 0 aliphatic rings. The number of hydrogen-bond acceptors (Lipinski definition) is 3. The minimum atomic E-state index is -4.29. The summed E-state index contributed by atoms with van der Waals surface area (Å²) in [6.07, 6.45) is 0.852. The van der Waals surface area contributed by atoms with Gasteiger partial charge in [-0.25, -0.2) is 0 Å². The van der Waals surface area contributed by atoms with Crippen LogP contribution in [0.1, 0.15) is 39.0 Å². The molecule has 0 fully saturated rings. The Labute approximate surface area is 99.7 Å². The van der Waals surface area contributed by atoms with Crippen LogP contribution in [0.4, 0.5) is 13.2 Å². The van der Waals surface area contributed by atoms with Gasteiger partial charge < -0.3 is 4.74 Å². The molecule has 0 aliphatic carbocycles. The molecule has 0 spiro atoms. The Morgan fingerprint density at radius 2 is 1.82 bits per heavy atom. The molecule has 102 valence electrons. The fourth-order valence-electron chi connectivity index (χ4n) is 1.25. The average Bonchev–Trinajstić information content (AvgIpc) is 2.21. The summed E-state index contributed by atoms with van der Waals surface area (Å²) in [5.74, 6) is -0.634. The number of unbranched alkanes of at least 4 members (excludes halogenated alkanes) is 4. The number of alkyl halides is 3. The maximum Gasteiger partial charge on any atom is 0.401 e. The first-order chi connectivity index (χ1) is 7.95. The fraction of sp³-hybridized carbons (Fsp3) is 0.909. The van der Waals surface area contributed by atoms with Gasteiger partial charge in [0.2, 0.25) is 0 Å². The van der Waals surface area contributed by atoms with Gasteiger partial charge in [-0.2, -0.15) is 13.2 Å². The van der Waals surface area contributed by atoms with Gasteiger partial charge in [-0.05, 0) is 6.42 Å². The predicted octanol–water partition coefficient (Wildman–Crippen LogP) is 2.65. The van der Waals surface area contributed by atoms with E-state index in [1.807, 2.05) is 5.32 Å². The Morgan fingerprint density at radius 3 is 2.41 bits per heavy atom. The summed E-state index contributed by atoms with van der Waals surface area (Å²) in [6, 6.07) is 0. The van der Waals surface area contributed by atoms with Crippen LogP contribution < -0.4 is 5.32 Å². The van der Waals surface area contributed by atoms with Gasteiger partial charge in [-0.1, -0.05) is 32.6 Å². The molecule has 0 aromatic rings. The van der Waals surface area contributed by atoms with E-state index < -0.39 is 25.2 Å². The Morgan fingerprint density at radius 1 is 1.18 bits per heavy atom. The largest absolute Gasteiger partial charge is 0.465 e. The van der Waals surface area contributed by atoms with Crippen molar-refractivity contribution in [3.63, 3.8) is 0 Å². The Balaban J connectivity index is 3.29. The summed E-state index contributed by atoms with van der Waals surface area (Å²) in [4.78, 5) is 11.0. The van der Waals surface area contributed by atoms with E-state index in [-0.39, 0.29) is 6.61 Å². The minimum absolute atomic E-state index is 0.288. The van der Waals surface area contributed by atoms with Gasteiger partial charge in [0, 0.05) is 0 Å². The van der Waals surface area contributed by atoms with E-state index in [2.05, 4.69) is 6.92 Å². The molecule has 0 radical (unpaired) electrons. The summed E-state index contributed by atoms with van der Waals surface area (Å²) in [6.45, 7) is 0.829. The second-order valence-corrected chi connectivity index (χ2v) is 3.85. The molecule has 0 rings (SSSR count). The third kappa shape index (κ3) is 13.2. The number of carbonyl (C=O) groups is 1. The zero-order valence-electron chi connectivity index (χ0n) is 10.1. The quantitative estimate of drug-likeness (QED) is 0.508. The number of halogens is 3. The first-order valence-corrected chi connectivity index (χ1v) is 5.89. The molecule has 6 heteroatoms. The van der Waals surface area contributed by atoms with Gasteiger partial charge in [0.1, 0.15) is 0 Å². The molecular formula is C11H20F3NO2. The Kier molecular flexibility index (Phi) is 8.85. The van der Waals surface area contributed by atoms with Crippen LogP contribution in [0.25, 0.3) is 0 Å². The molecular weight excluding hydrogens is 235 g/mol. The van der Waals surface area contributed by atoms with Crippen molar-refractivity contribution in [3.8, 4) is 0 Å². The van der Waals surface area contributed by atoms with E-state index in [1.165, 1.54) is 0 Å². The van der Waals surface area contributed by atoms with Crippen LogP contribution in [-0.2, 0) is 9.53 Å². The standard InChI is InChI=1S/C11H20F3NO2/c1-2-3-4-5-6-7-17-10(16)8-15-9-11(12,13)14/h15H,2-9H2,1H3. The highest BCUT2D eigenvalue weighted by molar-refractivity contribution is 5.71. The van der Waals surface area contributed by atoms with E-state index >= 15 is 0 Å². The number of hydrogen-bond donors (Lipinski definition) is 1. The fourth-order valence-corrected chi connectivity index (χ4v) is 1.25. The second kappa shape index (κ2) is 9.27. The number of esters is 1. The van der Waals surface area contributed by atoms with Gasteiger partial charge in [0.25, 0.3) is 0 Å². The molecule has 0 bridgehead atoms. The maximum absolute atomic E-state index is 11.7. The molecule has 1 N–H and O–H groups in total. The van der Waals surface area contributed by atoms with E-state index in [1.54, 1.807) is 0 Å². The number of ether oxygens (including phenoxy) is 1. The molecule has 0 heterocycles. The zero-order chi connectivity index (χ0) is 13.1. The Bertz CT molecular complexity index is 207. The third-order valence-corrected chi connectivity index (χ3v) is 2.11. The van der Waals surface area contributed by atoms with Gasteiger partial charge in [-0.3, -0.25) is 10.1 Å². The average molecular weight is 255 g/mol. The van der Waals surface area contributed by atoms with Crippen molar-refractivity contribution in [1.29, 1.82) is 0 Å². The summed E-state index contributed by atoms with van der Waals surface area (Å²) in [7, 11) is 0. The highest BCUT2D eigenvalue weighted by Crippen LogP contribution is 2.11. The molecule has 0 atom stereocenters. The monoisotopic (exact) mass is 255 g/mol. The normalized spacial score (nSPS) is 11.5. The van der Waals surface area contributed by atoms with Crippen LogP contribution in [0.15, 0.2) is 0 Å². The molecule has 0 unspecified atom stereocenters. The summed E-state index contributed by atoms with van der Waals surface area (Å²) < 4.78 is 39.9. The number of nitrogens with one attached hydrogen (secondary N) is 1. The molecule has 17 heavy (non-hydrogen) atoms. The van der Waals surface area contributed by atoms with Crippen molar-refractivity contribution in [1.82, 2.24) is 5.32 Å². The SMILES string of the molecule is CCCCCCCOC(=O)CNCC(F)(F)F. The second-order valence-electron chi connectivity index (χ2n) is 3.85. The topological polar surface area (TPSA) is 38.3 Å². The van der Waals surface area contributed by atoms with E-state index in [9.17, 15) is 18.0 Å². The molecule has 0 saturated heterocycles. The van der Waals surface area contributed by atoms with Crippen LogP contribution in [0.3, 0.4) is 0 Å². The Hall–Kier alpha value is -0.780. The highest BCUT2D eigenvalue weighted by atomic mass is 19.4. The molecule has 0 saturated carbocycles. The molecule has 3 nitrogen and oxygen atoms in total. The van der Waals surface area contributed by atoms with Crippen LogP contribution >= 0.6 is 0 Å². The predicted molar refractivity (Wildman–Crippen MR) is 58.6 cm³/mol. The summed E-state index contributed by atoms with van der Waals surface area (Å²) in [5, 5.41) is 1.99. The van der Waals surface area contributed by atoms with Gasteiger partial charge in [0.05, 0.1) is 19.7 Å². The smallest absolute Gasteiger partial charge is 0.401 e. The van der Waals surface area contributed by atoms with Crippen LogP contribution in [0.2, 0.25) is 0 Å². The lowest BCUT2D eigenvalue weighted by atomic mass is 10.2. The van der Waals surface area contributed by atoms with E-state index in [0.717, 1.165) is 32.1 Å². The summed E-state index contributed by atoms with van der Waals surface area (Å²) in [5.41, 5.74) is 0. The van der Waals surface area contributed by atoms with Crippen molar-refractivity contribution in [3.05, 3.63) is 0 Å². The molecule has 0 aromatic carbocycles. The number of carbonyl (C=O) groups excluding carboxylic acids is 1. The number of rotatable bonds is 9. The van der Waals surface area contributed by atoms with Gasteiger partial charge >= 0.3 is 12.1 Å². The van der Waals surface area contributed by atoms with Crippen molar-refractivity contribution in [2.24, 2.45) is 0 Å². The summed E-state index contributed by atoms with van der Waals surface area (Å²) >= 11 is 0.